The van der Waals surface area contributed by atoms with E-state index in [9.17, 15) is 4.79 Å². The summed E-state index contributed by atoms with van der Waals surface area (Å²) in [5.74, 6) is -0.448. The van der Waals surface area contributed by atoms with Crippen molar-refractivity contribution < 1.29 is 9.53 Å². The molecule has 0 aromatic rings. The first-order chi connectivity index (χ1) is 6.62. The number of rotatable bonds is 0. The lowest BCUT2D eigenvalue weighted by atomic mass is 9.88. The SMILES string of the molecule is O=C1OC2CCCCCCC2C1(Cl)Cl. The predicted octanol–water partition coefficient (Wildman–Crippen LogP) is 3.06. The van der Waals surface area contributed by atoms with E-state index in [-0.39, 0.29) is 12.0 Å². The standard InChI is InChI=1S/C10H14Cl2O2/c11-10(12)7-5-3-1-2-4-6-8(7)14-9(10)13/h7-8H,1-6H2. The van der Waals surface area contributed by atoms with E-state index in [0.717, 1.165) is 25.7 Å². The van der Waals surface area contributed by atoms with E-state index in [4.69, 9.17) is 27.9 Å². The number of esters is 1. The summed E-state index contributed by atoms with van der Waals surface area (Å²) in [7, 11) is 0. The number of hydrogen-bond donors (Lipinski definition) is 0. The van der Waals surface area contributed by atoms with E-state index in [0.29, 0.717) is 0 Å². The Morgan fingerprint density at radius 2 is 1.79 bits per heavy atom. The van der Waals surface area contributed by atoms with Crippen LogP contribution in [0.3, 0.4) is 0 Å². The van der Waals surface area contributed by atoms with Crippen molar-refractivity contribution >= 4 is 29.2 Å². The smallest absolute Gasteiger partial charge is 0.343 e. The molecule has 0 amide bonds. The average molecular weight is 237 g/mol. The lowest BCUT2D eigenvalue weighted by Gasteiger charge is -2.24. The van der Waals surface area contributed by atoms with Crippen LogP contribution < -0.4 is 0 Å². The van der Waals surface area contributed by atoms with Gasteiger partial charge in [-0.05, 0) is 19.3 Å². The Hall–Kier alpha value is 0.0500. The van der Waals surface area contributed by atoms with Gasteiger partial charge in [-0.25, -0.2) is 4.79 Å². The molecule has 2 fully saturated rings. The number of hydrogen-bond acceptors (Lipinski definition) is 2. The van der Waals surface area contributed by atoms with Gasteiger partial charge in [-0.3, -0.25) is 0 Å². The monoisotopic (exact) mass is 236 g/mol. The van der Waals surface area contributed by atoms with Crippen molar-refractivity contribution in [1.82, 2.24) is 0 Å². The average Bonchev–Trinajstić information content (AvgIpc) is 2.26. The Kier molecular flexibility index (Phi) is 2.94. The van der Waals surface area contributed by atoms with Crippen LogP contribution in [-0.4, -0.2) is 16.4 Å². The Morgan fingerprint density at radius 1 is 1.14 bits per heavy atom. The predicted molar refractivity (Wildman–Crippen MR) is 55.5 cm³/mol. The summed E-state index contributed by atoms with van der Waals surface area (Å²) in [5, 5.41) is 0. The second kappa shape index (κ2) is 3.90. The Labute approximate surface area is 93.9 Å². The highest BCUT2D eigenvalue weighted by molar-refractivity contribution is 6.58. The van der Waals surface area contributed by atoms with Gasteiger partial charge in [0.1, 0.15) is 6.10 Å². The number of carbonyl (C=O) groups is 1. The fraction of sp³-hybridized carbons (Fsp3) is 0.900. The third-order valence-electron chi connectivity index (χ3n) is 3.20. The van der Waals surface area contributed by atoms with Gasteiger partial charge in [-0.15, -0.1) is 0 Å². The molecule has 2 unspecified atom stereocenters. The van der Waals surface area contributed by atoms with E-state index in [1.54, 1.807) is 0 Å². The fourth-order valence-corrected chi connectivity index (χ4v) is 2.96. The highest BCUT2D eigenvalue weighted by Gasteiger charge is 2.54. The zero-order valence-electron chi connectivity index (χ0n) is 7.97. The van der Waals surface area contributed by atoms with E-state index < -0.39 is 10.3 Å². The second-order valence-electron chi connectivity index (χ2n) is 4.16. The first kappa shape index (κ1) is 10.6. The van der Waals surface area contributed by atoms with Crippen molar-refractivity contribution in [2.75, 3.05) is 0 Å². The summed E-state index contributed by atoms with van der Waals surface area (Å²) in [5.41, 5.74) is 0. The number of halogens is 2. The molecule has 0 bridgehead atoms. The maximum Gasteiger partial charge on any atom is 0.343 e. The molecule has 0 radical (unpaired) electrons. The fourth-order valence-electron chi connectivity index (χ4n) is 2.37. The van der Waals surface area contributed by atoms with Crippen LogP contribution in [0.25, 0.3) is 0 Å². The highest BCUT2D eigenvalue weighted by atomic mass is 35.5. The van der Waals surface area contributed by atoms with Crippen molar-refractivity contribution in [2.45, 2.75) is 49.0 Å². The zero-order chi connectivity index (χ0) is 10.2. The van der Waals surface area contributed by atoms with Crippen molar-refractivity contribution in [3.8, 4) is 0 Å². The van der Waals surface area contributed by atoms with Crippen LogP contribution in [0.15, 0.2) is 0 Å². The molecule has 1 saturated heterocycles. The van der Waals surface area contributed by atoms with E-state index in [1.165, 1.54) is 12.8 Å². The Bertz CT molecular complexity index is 240. The Balaban J connectivity index is 2.14. The Morgan fingerprint density at radius 3 is 2.50 bits per heavy atom. The first-order valence-electron chi connectivity index (χ1n) is 5.21. The first-order valence-corrected chi connectivity index (χ1v) is 5.97. The molecule has 2 aliphatic rings. The molecule has 0 aromatic carbocycles. The van der Waals surface area contributed by atoms with Crippen molar-refractivity contribution in [3.05, 3.63) is 0 Å². The lowest BCUT2D eigenvalue weighted by molar-refractivity contribution is -0.142. The topological polar surface area (TPSA) is 26.3 Å². The number of ether oxygens (including phenoxy) is 1. The molecule has 1 aliphatic heterocycles. The van der Waals surface area contributed by atoms with Gasteiger partial charge in [0.15, 0.2) is 0 Å². The molecule has 0 aromatic heterocycles. The number of alkyl halides is 2. The van der Waals surface area contributed by atoms with Crippen LogP contribution in [0.5, 0.6) is 0 Å². The molecule has 2 rings (SSSR count). The summed E-state index contributed by atoms with van der Waals surface area (Å²) in [6.07, 6.45) is 6.41. The minimum absolute atomic E-state index is 0.00127. The van der Waals surface area contributed by atoms with E-state index in [2.05, 4.69) is 0 Å². The summed E-state index contributed by atoms with van der Waals surface area (Å²) < 4.78 is 3.92. The minimum Gasteiger partial charge on any atom is -0.460 e. The van der Waals surface area contributed by atoms with Gasteiger partial charge in [0.2, 0.25) is 4.33 Å². The van der Waals surface area contributed by atoms with E-state index >= 15 is 0 Å². The molecular formula is C10H14Cl2O2. The maximum absolute atomic E-state index is 11.4. The molecule has 0 N–H and O–H groups in total. The van der Waals surface area contributed by atoms with Gasteiger partial charge in [0.25, 0.3) is 0 Å². The highest BCUT2D eigenvalue weighted by Crippen LogP contribution is 2.46. The maximum atomic E-state index is 11.4. The van der Waals surface area contributed by atoms with Crippen LogP contribution in [-0.2, 0) is 9.53 Å². The minimum atomic E-state index is -1.29. The van der Waals surface area contributed by atoms with Crippen LogP contribution in [0.2, 0.25) is 0 Å². The molecule has 4 heteroatoms. The summed E-state index contributed by atoms with van der Waals surface area (Å²) >= 11 is 12.0. The molecular weight excluding hydrogens is 223 g/mol. The summed E-state index contributed by atoms with van der Waals surface area (Å²) in [6.45, 7) is 0. The van der Waals surface area contributed by atoms with Gasteiger partial charge in [0, 0.05) is 5.92 Å². The molecule has 1 saturated carbocycles. The van der Waals surface area contributed by atoms with Crippen molar-refractivity contribution in [1.29, 1.82) is 0 Å². The van der Waals surface area contributed by atoms with Crippen LogP contribution in [0.4, 0.5) is 0 Å². The second-order valence-corrected chi connectivity index (χ2v) is 5.55. The third kappa shape index (κ3) is 1.74. The van der Waals surface area contributed by atoms with Crippen LogP contribution in [0, 0.1) is 5.92 Å². The van der Waals surface area contributed by atoms with Gasteiger partial charge in [-0.2, -0.15) is 0 Å². The van der Waals surface area contributed by atoms with Crippen molar-refractivity contribution in [2.24, 2.45) is 5.92 Å². The summed E-state index contributed by atoms with van der Waals surface area (Å²) in [4.78, 5) is 11.4. The normalized spacial score (nSPS) is 36.9. The molecule has 2 atom stereocenters. The molecule has 1 aliphatic carbocycles. The molecule has 1 heterocycles. The lowest BCUT2D eigenvalue weighted by Crippen LogP contribution is -2.31. The number of fused-ring (bicyclic) bond motifs is 1. The van der Waals surface area contributed by atoms with Crippen LogP contribution in [0.1, 0.15) is 38.5 Å². The van der Waals surface area contributed by atoms with Gasteiger partial charge in [-0.1, -0.05) is 42.5 Å². The van der Waals surface area contributed by atoms with Crippen LogP contribution >= 0.6 is 23.2 Å². The molecule has 80 valence electrons. The van der Waals surface area contributed by atoms with Crippen molar-refractivity contribution in [3.63, 3.8) is 0 Å². The quantitative estimate of drug-likeness (QED) is 0.478. The third-order valence-corrected chi connectivity index (χ3v) is 4.07. The largest absolute Gasteiger partial charge is 0.460 e. The van der Waals surface area contributed by atoms with Gasteiger partial charge < -0.3 is 4.74 Å². The molecule has 2 nitrogen and oxygen atoms in total. The summed E-state index contributed by atoms with van der Waals surface area (Å²) in [6, 6.07) is 0. The van der Waals surface area contributed by atoms with Gasteiger partial charge >= 0.3 is 5.97 Å². The zero-order valence-corrected chi connectivity index (χ0v) is 9.48. The molecule has 14 heavy (non-hydrogen) atoms. The number of carbonyl (C=O) groups excluding carboxylic acids is 1. The van der Waals surface area contributed by atoms with Gasteiger partial charge in [0.05, 0.1) is 0 Å². The molecule has 0 spiro atoms. The van der Waals surface area contributed by atoms with E-state index in [1.807, 2.05) is 0 Å².